The second kappa shape index (κ2) is 8.22. The van der Waals surface area contributed by atoms with Crippen molar-refractivity contribution in [3.05, 3.63) is 42.0 Å². The Kier molecular flexibility index (Phi) is 6.29. The Morgan fingerprint density at radius 3 is 2.62 bits per heavy atom. The van der Waals surface area contributed by atoms with Crippen LogP contribution >= 0.6 is 22.6 Å². The Balaban J connectivity index is 1.95. The van der Waals surface area contributed by atoms with Crippen LogP contribution in [0.25, 0.3) is 10.8 Å². The molecule has 0 aliphatic rings. The number of aromatic hydroxyl groups is 1. The van der Waals surface area contributed by atoms with Crippen LogP contribution in [0, 0.1) is 0 Å². The third kappa shape index (κ3) is 4.33. The number of phenolic OH excluding ortho intramolecular Hbond substituents is 1. The molecule has 0 atom stereocenters. The summed E-state index contributed by atoms with van der Waals surface area (Å²) in [6, 6.07) is 11.1. The largest absolute Gasteiger partial charge is 0.506 e. The van der Waals surface area contributed by atoms with E-state index in [1.54, 1.807) is 6.07 Å². The number of benzene rings is 2. The van der Waals surface area contributed by atoms with E-state index < -0.39 is 0 Å². The monoisotopic (exact) mass is 397 g/mol. The lowest BCUT2D eigenvalue weighted by Crippen LogP contribution is -2.24. The number of phenols is 1. The summed E-state index contributed by atoms with van der Waals surface area (Å²) < 4.78 is 1.19. The number of fused-ring (bicyclic) bond motifs is 1. The Labute approximate surface area is 138 Å². The van der Waals surface area contributed by atoms with E-state index in [4.69, 9.17) is 0 Å². The maximum atomic E-state index is 12.1. The molecular formula is C17H20INO2. The molecule has 0 aliphatic heterocycles. The van der Waals surface area contributed by atoms with Crippen molar-refractivity contribution >= 4 is 39.3 Å². The molecule has 0 aliphatic carbocycles. The van der Waals surface area contributed by atoms with Gasteiger partial charge in [-0.05, 0) is 28.7 Å². The highest BCUT2D eigenvalue weighted by Crippen LogP contribution is 2.28. The van der Waals surface area contributed by atoms with Gasteiger partial charge in [-0.2, -0.15) is 0 Å². The third-order valence-electron chi connectivity index (χ3n) is 3.49. The predicted octanol–water partition coefficient (Wildman–Crippen LogP) is 4.27. The fourth-order valence-corrected chi connectivity index (χ4v) is 2.85. The third-order valence-corrected chi connectivity index (χ3v) is 4.25. The Morgan fingerprint density at radius 1 is 1.05 bits per heavy atom. The molecule has 0 bridgehead atoms. The first-order valence-electron chi connectivity index (χ1n) is 7.29. The number of rotatable bonds is 7. The topological polar surface area (TPSA) is 49.3 Å². The molecular weight excluding hydrogens is 377 g/mol. The number of nitrogens with one attached hydrogen (secondary N) is 1. The Bertz CT molecular complexity index is 613. The van der Waals surface area contributed by atoms with Crippen LogP contribution in [0.3, 0.4) is 0 Å². The highest BCUT2D eigenvalue weighted by atomic mass is 127. The number of hydrogen-bond donors (Lipinski definition) is 2. The first kappa shape index (κ1) is 16.1. The summed E-state index contributed by atoms with van der Waals surface area (Å²) in [5.41, 5.74) is 0.348. The van der Waals surface area contributed by atoms with Crippen LogP contribution in [-0.4, -0.2) is 22.0 Å². The predicted molar refractivity (Wildman–Crippen MR) is 95.3 cm³/mol. The van der Waals surface area contributed by atoms with Crippen LogP contribution in [0.1, 0.15) is 36.0 Å². The summed E-state index contributed by atoms with van der Waals surface area (Å²) in [6.07, 6.45) is 4.56. The SMILES string of the molecule is O=C(NCCCCCCI)c1ccc2ccccc2c1O. The van der Waals surface area contributed by atoms with E-state index in [0.29, 0.717) is 17.5 Å². The lowest BCUT2D eigenvalue weighted by atomic mass is 10.0. The van der Waals surface area contributed by atoms with Crippen molar-refractivity contribution in [2.24, 2.45) is 0 Å². The van der Waals surface area contributed by atoms with Gasteiger partial charge in [0.2, 0.25) is 0 Å². The first-order valence-corrected chi connectivity index (χ1v) is 8.81. The van der Waals surface area contributed by atoms with Gasteiger partial charge < -0.3 is 10.4 Å². The van der Waals surface area contributed by atoms with Gasteiger partial charge in [-0.1, -0.05) is 65.8 Å². The molecule has 3 nitrogen and oxygen atoms in total. The second-order valence-corrected chi connectivity index (χ2v) is 6.12. The number of carbonyl (C=O) groups is 1. The number of halogens is 1. The van der Waals surface area contributed by atoms with Crippen molar-refractivity contribution in [2.75, 3.05) is 11.0 Å². The maximum Gasteiger partial charge on any atom is 0.255 e. The maximum absolute atomic E-state index is 12.1. The molecule has 4 heteroatoms. The lowest BCUT2D eigenvalue weighted by Gasteiger charge is -2.09. The van der Waals surface area contributed by atoms with Crippen molar-refractivity contribution < 1.29 is 9.90 Å². The van der Waals surface area contributed by atoms with Gasteiger partial charge in [0.1, 0.15) is 5.75 Å². The van der Waals surface area contributed by atoms with E-state index in [9.17, 15) is 9.90 Å². The number of hydrogen-bond acceptors (Lipinski definition) is 2. The smallest absolute Gasteiger partial charge is 0.255 e. The van der Waals surface area contributed by atoms with Crippen LogP contribution < -0.4 is 5.32 Å². The summed E-state index contributed by atoms with van der Waals surface area (Å²) in [7, 11) is 0. The van der Waals surface area contributed by atoms with Crippen molar-refractivity contribution in [1.82, 2.24) is 5.32 Å². The van der Waals surface area contributed by atoms with Gasteiger partial charge in [-0.25, -0.2) is 0 Å². The molecule has 0 aromatic heterocycles. The summed E-state index contributed by atoms with van der Waals surface area (Å²) in [5, 5.41) is 14.8. The van der Waals surface area contributed by atoms with E-state index in [2.05, 4.69) is 27.9 Å². The molecule has 0 saturated carbocycles. The molecule has 2 N–H and O–H groups in total. The highest BCUT2D eigenvalue weighted by Gasteiger charge is 2.12. The first-order chi connectivity index (χ1) is 10.2. The van der Waals surface area contributed by atoms with Crippen molar-refractivity contribution in [3.8, 4) is 5.75 Å². The summed E-state index contributed by atoms with van der Waals surface area (Å²) >= 11 is 2.38. The zero-order valence-corrected chi connectivity index (χ0v) is 14.1. The molecule has 0 radical (unpaired) electrons. The molecule has 1 amide bonds. The van der Waals surface area contributed by atoms with Gasteiger partial charge in [0.25, 0.3) is 5.91 Å². The van der Waals surface area contributed by atoms with E-state index in [0.717, 1.165) is 18.2 Å². The fourth-order valence-electron chi connectivity index (χ4n) is 2.31. The van der Waals surface area contributed by atoms with Crippen LogP contribution in [0.2, 0.25) is 0 Å². The van der Waals surface area contributed by atoms with Gasteiger partial charge in [0.15, 0.2) is 0 Å². The van der Waals surface area contributed by atoms with Crippen molar-refractivity contribution in [3.63, 3.8) is 0 Å². The molecule has 112 valence electrons. The van der Waals surface area contributed by atoms with E-state index in [1.807, 2.05) is 30.3 Å². The zero-order chi connectivity index (χ0) is 15.1. The normalized spacial score (nSPS) is 10.7. The van der Waals surface area contributed by atoms with Crippen LogP contribution in [0.15, 0.2) is 36.4 Å². The second-order valence-electron chi connectivity index (χ2n) is 5.04. The number of unbranched alkanes of at least 4 members (excludes halogenated alkanes) is 3. The Hall–Kier alpha value is -1.30. The van der Waals surface area contributed by atoms with Gasteiger partial charge in [0.05, 0.1) is 5.56 Å². The zero-order valence-electron chi connectivity index (χ0n) is 11.9. The number of alkyl halides is 1. The molecule has 0 unspecified atom stereocenters. The molecule has 0 heterocycles. The molecule has 2 rings (SSSR count). The number of amides is 1. The van der Waals surface area contributed by atoms with E-state index in [1.165, 1.54) is 17.3 Å². The minimum Gasteiger partial charge on any atom is -0.506 e. The van der Waals surface area contributed by atoms with Gasteiger partial charge in [0, 0.05) is 11.9 Å². The fraction of sp³-hybridized carbons (Fsp3) is 0.353. The Morgan fingerprint density at radius 2 is 1.81 bits per heavy atom. The quantitative estimate of drug-likeness (QED) is 0.417. The number of carbonyl (C=O) groups excluding carboxylic acids is 1. The minimum atomic E-state index is -0.202. The van der Waals surface area contributed by atoms with Crippen LogP contribution in [0.5, 0.6) is 5.75 Å². The summed E-state index contributed by atoms with van der Waals surface area (Å²) in [4.78, 5) is 12.1. The average molecular weight is 397 g/mol. The van der Waals surface area contributed by atoms with E-state index in [-0.39, 0.29) is 11.7 Å². The van der Waals surface area contributed by atoms with Crippen LogP contribution in [0.4, 0.5) is 0 Å². The van der Waals surface area contributed by atoms with Gasteiger partial charge in [-0.3, -0.25) is 4.79 Å². The molecule has 0 saturated heterocycles. The lowest BCUT2D eigenvalue weighted by molar-refractivity contribution is 0.0950. The van der Waals surface area contributed by atoms with Crippen molar-refractivity contribution in [1.29, 1.82) is 0 Å². The highest BCUT2D eigenvalue weighted by molar-refractivity contribution is 14.1. The van der Waals surface area contributed by atoms with E-state index >= 15 is 0 Å². The molecule has 0 spiro atoms. The summed E-state index contributed by atoms with van der Waals surface area (Å²) in [5.74, 6) is -0.136. The molecule has 2 aromatic carbocycles. The van der Waals surface area contributed by atoms with Gasteiger partial charge in [-0.15, -0.1) is 0 Å². The standard InChI is InChI=1S/C17H20INO2/c18-11-5-1-2-6-12-19-17(21)15-10-9-13-7-3-4-8-14(13)16(15)20/h3-4,7-10,20H,1-2,5-6,11-12H2,(H,19,21). The molecule has 21 heavy (non-hydrogen) atoms. The van der Waals surface area contributed by atoms with Crippen molar-refractivity contribution in [2.45, 2.75) is 25.7 Å². The molecule has 2 aromatic rings. The minimum absolute atomic E-state index is 0.0653. The molecule has 0 fully saturated rings. The van der Waals surface area contributed by atoms with Crippen LogP contribution in [-0.2, 0) is 0 Å². The summed E-state index contributed by atoms with van der Waals surface area (Å²) in [6.45, 7) is 0.659. The average Bonchev–Trinajstić information content (AvgIpc) is 2.51. The van der Waals surface area contributed by atoms with Gasteiger partial charge >= 0.3 is 0 Å².